The van der Waals surface area contributed by atoms with Gasteiger partial charge in [-0.15, -0.1) is 0 Å². The molecule has 0 aliphatic carbocycles. The number of methoxy groups -OCH3 is 3. The highest BCUT2D eigenvalue weighted by atomic mass is 32.1. The van der Waals surface area contributed by atoms with Crippen LogP contribution in [0.4, 0.5) is 10.1 Å². The van der Waals surface area contributed by atoms with E-state index in [1.54, 1.807) is 33.5 Å². The van der Waals surface area contributed by atoms with Crippen LogP contribution in [0, 0.1) is 5.82 Å². The molecule has 0 amide bonds. The number of nitrogens with one attached hydrogen (secondary N) is 1. The second kappa shape index (κ2) is 10.6. The van der Waals surface area contributed by atoms with Crippen LogP contribution < -0.4 is 24.3 Å². The van der Waals surface area contributed by atoms with Gasteiger partial charge in [0.2, 0.25) is 0 Å². The lowest BCUT2D eigenvalue weighted by Crippen LogP contribution is -2.44. The minimum atomic E-state index is -0.296. The molecule has 3 aromatic rings. The van der Waals surface area contributed by atoms with Crippen molar-refractivity contribution in [3.05, 3.63) is 77.6 Å². The molecule has 8 heteroatoms. The molecule has 6 nitrogen and oxygen atoms in total. The number of hydrogen-bond acceptors (Lipinski definition) is 5. The zero-order valence-electron chi connectivity index (χ0n) is 19.3. The van der Waals surface area contributed by atoms with E-state index in [1.807, 2.05) is 36.4 Å². The third kappa shape index (κ3) is 5.17. The molecular formula is C26H27FN2O4S. The number of hydrogen-bond donors (Lipinski definition) is 1. The van der Waals surface area contributed by atoms with E-state index in [4.69, 9.17) is 31.2 Å². The highest BCUT2D eigenvalue weighted by Crippen LogP contribution is 2.38. The number of nitrogens with zero attached hydrogens (tertiary/aromatic N) is 1. The van der Waals surface area contributed by atoms with Crippen molar-refractivity contribution in [3.63, 3.8) is 0 Å². The molecule has 0 radical (unpaired) electrons. The van der Waals surface area contributed by atoms with Crippen LogP contribution in [0.2, 0.25) is 0 Å². The molecular weight excluding hydrogens is 455 g/mol. The van der Waals surface area contributed by atoms with Crippen LogP contribution in [0.15, 0.2) is 60.7 Å². The van der Waals surface area contributed by atoms with Crippen molar-refractivity contribution < 1.29 is 23.3 Å². The average Bonchev–Trinajstić information content (AvgIpc) is 2.87. The summed E-state index contributed by atoms with van der Waals surface area (Å²) in [5.41, 5.74) is 2.93. The Balaban J connectivity index is 1.62. The minimum absolute atomic E-state index is 0.175. The summed E-state index contributed by atoms with van der Waals surface area (Å²) in [6.45, 7) is 1.05. The average molecular weight is 483 g/mol. The van der Waals surface area contributed by atoms with Crippen LogP contribution in [-0.4, -0.2) is 44.5 Å². The number of fused-ring (bicyclic) bond motifs is 1. The molecule has 1 aliphatic rings. The molecule has 0 fully saturated rings. The Hall–Kier alpha value is -3.52. The van der Waals surface area contributed by atoms with E-state index in [0.29, 0.717) is 29.8 Å². The first-order valence-corrected chi connectivity index (χ1v) is 11.3. The van der Waals surface area contributed by atoms with Crippen molar-refractivity contribution in [1.29, 1.82) is 0 Å². The van der Waals surface area contributed by atoms with Crippen molar-refractivity contribution in [1.82, 2.24) is 4.90 Å². The van der Waals surface area contributed by atoms with Gasteiger partial charge in [0.05, 0.1) is 27.4 Å². The highest BCUT2D eigenvalue weighted by Gasteiger charge is 2.31. The van der Waals surface area contributed by atoms with Crippen LogP contribution in [0.3, 0.4) is 0 Å². The predicted octanol–water partition coefficient (Wildman–Crippen LogP) is 5.23. The van der Waals surface area contributed by atoms with E-state index in [2.05, 4.69) is 10.2 Å². The lowest BCUT2D eigenvalue weighted by atomic mass is 9.92. The van der Waals surface area contributed by atoms with E-state index in [1.165, 1.54) is 12.1 Å². The molecule has 0 saturated carbocycles. The van der Waals surface area contributed by atoms with Crippen LogP contribution in [-0.2, 0) is 6.42 Å². The third-order valence-electron chi connectivity index (χ3n) is 5.83. The molecule has 1 atom stereocenters. The van der Waals surface area contributed by atoms with Crippen molar-refractivity contribution >= 4 is 23.0 Å². The second-order valence-corrected chi connectivity index (χ2v) is 8.18. The number of benzene rings is 3. The Labute approximate surface area is 204 Å². The summed E-state index contributed by atoms with van der Waals surface area (Å²) in [5.74, 6) is 2.53. The number of thiocarbonyl (C=S) groups is 1. The second-order valence-electron chi connectivity index (χ2n) is 7.79. The zero-order chi connectivity index (χ0) is 24.1. The van der Waals surface area contributed by atoms with Gasteiger partial charge in [0.1, 0.15) is 23.9 Å². The molecule has 4 rings (SSSR count). The van der Waals surface area contributed by atoms with Gasteiger partial charge in [0, 0.05) is 12.2 Å². The van der Waals surface area contributed by atoms with Gasteiger partial charge in [-0.3, -0.25) is 0 Å². The van der Waals surface area contributed by atoms with Gasteiger partial charge in [-0.1, -0.05) is 0 Å². The summed E-state index contributed by atoms with van der Waals surface area (Å²) < 4.78 is 35.8. The standard InChI is InChI=1S/C26H27FN2O4S/c1-30-20-8-10-21(11-9-20)33-16-23-22-15-25(32-3)24(31-2)14-17(22)12-13-29(23)26(34)28-19-6-4-18(27)5-7-19/h4-11,14-15,23H,12-13,16H2,1-3H3,(H,28,34)/t23-/m1/s1. The first-order valence-electron chi connectivity index (χ1n) is 10.9. The van der Waals surface area contributed by atoms with Crippen LogP contribution >= 0.6 is 12.2 Å². The quantitative estimate of drug-likeness (QED) is 0.463. The van der Waals surface area contributed by atoms with Gasteiger partial charge in [-0.05, 0) is 90.4 Å². The molecule has 178 valence electrons. The smallest absolute Gasteiger partial charge is 0.174 e. The summed E-state index contributed by atoms with van der Waals surface area (Å²) >= 11 is 5.76. The summed E-state index contributed by atoms with van der Waals surface area (Å²) in [6, 6.07) is 17.4. The molecule has 0 aromatic heterocycles. The van der Waals surface area contributed by atoms with Gasteiger partial charge in [0.15, 0.2) is 16.6 Å². The van der Waals surface area contributed by atoms with E-state index in [0.717, 1.165) is 34.7 Å². The highest BCUT2D eigenvalue weighted by molar-refractivity contribution is 7.80. The SMILES string of the molecule is COc1ccc(OC[C@@H]2c3cc(OC)c(OC)cc3CCN2C(=S)Nc2ccc(F)cc2)cc1. The zero-order valence-corrected chi connectivity index (χ0v) is 20.2. The molecule has 0 saturated heterocycles. The first kappa shape index (κ1) is 23.6. The monoisotopic (exact) mass is 482 g/mol. The Morgan fingerprint density at radius 3 is 2.24 bits per heavy atom. The lowest BCUT2D eigenvalue weighted by Gasteiger charge is -2.39. The van der Waals surface area contributed by atoms with Crippen molar-refractivity contribution in [2.45, 2.75) is 12.5 Å². The van der Waals surface area contributed by atoms with Crippen molar-refractivity contribution in [2.75, 3.05) is 39.8 Å². The summed E-state index contributed by atoms with van der Waals surface area (Å²) in [6.07, 6.45) is 0.778. The Morgan fingerprint density at radius 1 is 0.941 bits per heavy atom. The molecule has 1 heterocycles. The van der Waals surface area contributed by atoms with Gasteiger partial charge in [-0.2, -0.15) is 0 Å². The van der Waals surface area contributed by atoms with Gasteiger partial charge in [-0.25, -0.2) is 4.39 Å². The predicted molar refractivity (Wildman–Crippen MR) is 134 cm³/mol. The molecule has 34 heavy (non-hydrogen) atoms. The van der Waals surface area contributed by atoms with E-state index in [9.17, 15) is 4.39 Å². The third-order valence-corrected chi connectivity index (χ3v) is 6.16. The normalized spacial score (nSPS) is 14.7. The molecule has 3 aromatic carbocycles. The number of rotatable bonds is 7. The van der Waals surface area contributed by atoms with E-state index >= 15 is 0 Å². The first-order chi connectivity index (χ1) is 16.5. The Morgan fingerprint density at radius 2 is 1.59 bits per heavy atom. The van der Waals surface area contributed by atoms with E-state index < -0.39 is 0 Å². The van der Waals surface area contributed by atoms with Gasteiger partial charge in [0.25, 0.3) is 0 Å². The number of anilines is 1. The summed E-state index contributed by atoms with van der Waals surface area (Å²) in [7, 11) is 4.88. The fraction of sp³-hybridized carbons (Fsp3) is 0.269. The van der Waals surface area contributed by atoms with Crippen LogP contribution in [0.1, 0.15) is 17.2 Å². The van der Waals surface area contributed by atoms with Crippen molar-refractivity contribution in [3.8, 4) is 23.0 Å². The lowest BCUT2D eigenvalue weighted by molar-refractivity contribution is 0.190. The minimum Gasteiger partial charge on any atom is -0.497 e. The van der Waals surface area contributed by atoms with Gasteiger partial charge >= 0.3 is 0 Å². The molecule has 0 unspecified atom stereocenters. The number of halogens is 1. The molecule has 0 spiro atoms. The summed E-state index contributed by atoms with van der Waals surface area (Å²) in [5, 5.41) is 3.76. The number of ether oxygens (including phenoxy) is 4. The fourth-order valence-corrected chi connectivity index (χ4v) is 4.36. The van der Waals surface area contributed by atoms with E-state index in [-0.39, 0.29) is 11.9 Å². The van der Waals surface area contributed by atoms with Gasteiger partial charge < -0.3 is 29.2 Å². The van der Waals surface area contributed by atoms with Crippen LogP contribution in [0.5, 0.6) is 23.0 Å². The largest absolute Gasteiger partial charge is 0.497 e. The molecule has 0 bridgehead atoms. The maximum Gasteiger partial charge on any atom is 0.174 e. The summed E-state index contributed by atoms with van der Waals surface area (Å²) in [4.78, 5) is 2.09. The molecule has 1 aliphatic heterocycles. The van der Waals surface area contributed by atoms with Crippen LogP contribution in [0.25, 0.3) is 0 Å². The maximum atomic E-state index is 13.3. The Bertz CT molecular complexity index is 1140. The molecule has 1 N–H and O–H groups in total. The Kier molecular flexibility index (Phi) is 7.37. The topological polar surface area (TPSA) is 52.2 Å². The fourth-order valence-electron chi connectivity index (χ4n) is 4.03. The maximum absolute atomic E-state index is 13.3. The van der Waals surface area contributed by atoms with Crippen molar-refractivity contribution in [2.24, 2.45) is 0 Å².